The third-order valence-electron chi connectivity index (χ3n) is 10.9. The molecule has 0 N–H and O–H groups in total. The van der Waals surface area contributed by atoms with Crippen LogP contribution in [0.5, 0.6) is 0 Å². The monoisotopic (exact) mass is 765 g/mol. The maximum atomic E-state index is 15.5. The first-order chi connectivity index (χ1) is 28.5. The molecule has 0 radical (unpaired) electrons. The van der Waals surface area contributed by atoms with E-state index >= 15 is 8.42 Å². The van der Waals surface area contributed by atoms with Crippen molar-refractivity contribution in [3.05, 3.63) is 188 Å². The first-order valence-electron chi connectivity index (χ1n) is 19.0. The molecule has 1 aliphatic rings. The van der Waals surface area contributed by atoms with Crippen LogP contribution in [0.2, 0.25) is 0 Å². The summed E-state index contributed by atoms with van der Waals surface area (Å²) in [5, 5.41) is 1.57. The Kier molecular flexibility index (Phi) is 7.77. The van der Waals surface area contributed by atoms with Crippen molar-refractivity contribution >= 4 is 31.8 Å². The van der Waals surface area contributed by atoms with Crippen LogP contribution >= 0.6 is 0 Å². The normalized spacial score (nSPS) is 12.8. The average molecular weight is 766 g/mol. The fourth-order valence-electron chi connectivity index (χ4n) is 8.21. The number of aromatic nitrogens is 3. The smallest absolute Gasteiger partial charge is 0.207 e. The van der Waals surface area contributed by atoms with Crippen molar-refractivity contribution in [1.29, 1.82) is 0 Å². The van der Waals surface area contributed by atoms with Gasteiger partial charge in [0.1, 0.15) is 11.2 Å². The number of rotatable bonds is 3. The van der Waals surface area contributed by atoms with Gasteiger partial charge in [-0.05, 0) is 63.7 Å². The van der Waals surface area contributed by atoms with Gasteiger partial charge in [0.05, 0.1) is 9.79 Å². The zero-order chi connectivity index (χ0) is 38.8. The summed E-state index contributed by atoms with van der Waals surface area (Å²) >= 11 is 0. The number of sulfone groups is 1. The second-order valence-corrected chi connectivity index (χ2v) is 16.2. The van der Waals surface area contributed by atoms with Crippen molar-refractivity contribution in [3.63, 3.8) is 0 Å². The molecule has 2 aromatic heterocycles. The molecule has 0 amide bonds. The van der Waals surface area contributed by atoms with Crippen LogP contribution in [0, 0.1) is 0 Å². The molecule has 0 spiro atoms. The third kappa shape index (κ3) is 5.47. The van der Waals surface area contributed by atoms with Crippen molar-refractivity contribution in [3.8, 4) is 78.7 Å². The summed E-state index contributed by atoms with van der Waals surface area (Å²) in [6.45, 7) is 0. The number of fused-ring (bicyclic) bond motifs is 12. The van der Waals surface area contributed by atoms with Crippen LogP contribution in [0.15, 0.2) is 202 Å². The fourth-order valence-corrected chi connectivity index (χ4v) is 9.90. The first-order valence-corrected chi connectivity index (χ1v) is 20.5. The molecule has 11 rings (SSSR count). The molecule has 8 aromatic carbocycles. The van der Waals surface area contributed by atoms with Gasteiger partial charge < -0.3 is 4.42 Å². The van der Waals surface area contributed by atoms with E-state index in [2.05, 4.69) is 24.3 Å². The van der Waals surface area contributed by atoms with E-state index < -0.39 is 9.84 Å². The van der Waals surface area contributed by atoms with E-state index in [9.17, 15) is 0 Å². The molecule has 0 saturated heterocycles. The number of para-hydroxylation sites is 1. The van der Waals surface area contributed by atoms with E-state index in [0.29, 0.717) is 50.9 Å². The average Bonchev–Trinajstić information content (AvgIpc) is 3.66. The highest BCUT2D eigenvalue weighted by Gasteiger charge is 2.31. The third-order valence-corrected chi connectivity index (χ3v) is 12.8. The molecule has 0 aliphatic carbocycles. The van der Waals surface area contributed by atoms with Gasteiger partial charge in [0.25, 0.3) is 0 Å². The lowest BCUT2D eigenvalue weighted by Gasteiger charge is -2.18. The van der Waals surface area contributed by atoms with E-state index in [1.165, 1.54) is 0 Å². The van der Waals surface area contributed by atoms with Gasteiger partial charge in [0.2, 0.25) is 9.84 Å². The van der Waals surface area contributed by atoms with Crippen LogP contribution in [0.3, 0.4) is 0 Å². The Labute approximate surface area is 334 Å². The van der Waals surface area contributed by atoms with Crippen LogP contribution in [0.1, 0.15) is 0 Å². The maximum Gasteiger partial charge on any atom is 0.207 e. The minimum Gasteiger partial charge on any atom is -0.456 e. The maximum absolute atomic E-state index is 15.5. The molecule has 0 saturated carbocycles. The van der Waals surface area contributed by atoms with Gasteiger partial charge >= 0.3 is 0 Å². The summed E-state index contributed by atoms with van der Waals surface area (Å²) in [5.74, 6) is 1.53. The molecule has 7 heteroatoms. The summed E-state index contributed by atoms with van der Waals surface area (Å²) in [6, 6.07) is 60.8. The molecule has 10 aromatic rings. The molecule has 0 atom stereocenters. The van der Waals surface area contributed by atoms with E-state index in [0.717, 1.165) is 49.7 Å². The highest BCUT2D eigenvalue weighted by Crippen LogP contribution is 2.48. The largest absolute Gasteiger partial charge is 0.456 e. The topological polar surface area (TPSA) is 86.0 Å². The van der Waals surface area contributed by atoms with Crippen LogP contribution in [0.25, 0.3) is 101 Å². The quantitative estimate of drug-likeness (QED) is 0.178. The van der Waals surface area contributed by atoms with E-state index in [1.807, 2.05) is 146 Å². The highest BCUT2D eigenvalue weighted by molar-refractivity contribution is 7.91. The lowest BCUT2D eigenvalue weighted by Crippen LogP contribution is -2.06. The Morgan fingerprint density at radius 1 is 0.328 bits per heavy atom. The van der Waals surface area contributed by atoms with Crippen LogP contribution in [-0.2, 0) is 9.84 Å². The Morgan fingerprint density at radius 3 is 1.43 bits per heavy atom. The molecule has 0 unspecified atom stereocenters. The van der Waals surface area contributed by atoms with Crippen molar-refractivity contribution in [2.24, 2.45) is 0 Å². The number of hydrogen-bond donors (Lipinski definition) is 0. The van der Waals surface area contributed by atoms with Crippen LogP contribution in [0.4, 0.5) is 0 Å². The van der Waals surface area contributed by atoms with Crippen molar-refractivity contribution < 1.29 is 12.8 Å². The zero-order valence-corrected chi connectivity index (χ0v) is 31.7. The van der Waals surface area contributed by atoms with E-state index in [1.54, 1.807) is 18.2 Å². The Bertz CT molecular complexity index is 3300. The molecular weight excluding hydrogens is 735 g/mol. The molecule has 3 heterocycles. The fraction of sp³-hybridized carbons (Fsp3) is 0. The van der Waals surface area contributed by atoms with Crippen molar-refractivity contribution in [2.75, 3.05) is 0 Å². The van der Waals surface area contributed by atoms with Crippen molar-refractivity contribution in [2.45, 2.75) is 9.79 Å². The molecule has 0 bridgehead atoms. The van der Waals surface area contributed by atoms with E-state index in [4.69, 9.17) is 19.4 Å². The summed E-state index contributed by atoms with van der Waals surface area (Å²) in [4.78, 5) is 15.4. The predicted molar refractivity (Wildman–Crippen MR) is 231 cm³/mol. The summed E-state index contributed by atoms with van der Waals surface area (Å²) in [5.41, 5.74) is 10.1. The van der Waals surface area contributed by atoms with Gasteiger partial charge in [-0.2, -0.15) is 0 Å². The lowest BCUT2D eigenvalue weighted by molar-refractivity contribution is 0.596. The van der Waals surface area contributed by atoms with Crippen molar-refractivity contribution in [1.82, 2.24) is 15.0 Å². The number of benzene rings is 8. The SMILES string of the molecule is O=S1(=O)c2ccccc2-c2ccccc2-c2ccccc2-c2ccc(-c3nc(-c4ccccc4)nc(-c4ccccc4)n3)cc2-c2cc3oc4ccccc4c3cc21. The van der Waals surface area contributed by atoms with Gasteiger partial charge in [0, 0.05) is 38.6 Å². The molecule has 274 valence electrons. The predicted octanol–water partition coefficient (Wildman–Crippen LogP) is 12.6. The minimum absolute atomic E-state index is 0.180. The second-order valence-electron chi connectivity index (χ2n) is 14.3. The van der Waals surface area contributed by atoms with Gasteiger partial charge in [-0.1, -0.05) is 158 Å². The van der Waals surface area contributed by atoms with Crippen LogP contribution in [-0.4, -0.2) is 23.4 Å². The summed E-state index contributed by atoms with van der Waals surface area (Å²) in [6.07, 6.45) is 0. The Morgan fingerprint density at radius 2 is 0.810 bits per heavy atom. The molecule has 0 fully saturated rings. The first kappa shape index (κ1) is 33.8. The zero-order valence-electron chi connectivity index (χ0n) is 30.9. The van der Waals surface area contributed by atoms with Crippen LogP contribution < -0.4 is 0 Å². The number of hydrogen-bond acceptors (Lipinski definition) is 6. The lowest BCUT2D eigenvalue weighted by atomic mass is 9.86. The molecule has 6 nitrogen and oxygen atoms in total. The standard InChI is InChI=1S/C51H31N3O3S/c55-58(56)47-26-14-12-24-41(47)38-22-10-9-20-36(38)35-19-7-8-21-37(35)39-28-27-34(29-42(39)44-30-46-43(31-48(44)58)40-23-11-13-25-45(40)57-46)51-53-49(32-15-3-1-4-16-32)52-50(54-51)33-17-5-2-6-18-33/h1-31H. The van der Waals surface area contributed by atoms with Gasteiger partial charge in [-0.25, -0.2) is 23.4 Å². The summed E-state index contributed by atoms with van der Waals surface area (Å²) < 4.78 is 37.5. The van der Waals surface area contributed by atoms with Gasteiger partial charge in [-0.15, -0.1) is 0 Å². The highest BCUT2D eigenvalue weighted by atomic mass is 32.2. The van der Waals surface area contributed by atoms with Gasteiger partial charge in [-0.3, -0.25) is 0 Å². The number of nitrogens with zero attached hydrogens (tertiary/aromatic N) is 3. The summed E-state index contributed by atoms with van der Waals surface area (Å²) in [7, 11) is -4.17. The molecular formula is C51H31N3O3S. The number of furan rings is 1. The Hall–Kier alpha value is -7.48. The van der Waals surface area contributed by atoms with E-state index in [-0.39, 0.29) is 9.79 Å². The van der Waals surface area contributed by atoms with Gasteiger partial charge in [0.15, 0.2) is 17.5 Å². The second kappa shape index (κ2) is 13.3. The minimum atomic E-state index is -4.17. The Balaban J connectivity index is 1.27. The molecule has 58 heavy (non-hydrogen) atoms. The molecule has 1 aliphatic heterocycles.